The van der Waals surface area contributed by atoms with Crippen LogP contribution in [0.5, 0.6) is 5.75 Å². The van der Waals surface area contributed by atoms with Gasteiger partial charge in [0.1, 0.15) is 5.75 Å². The van der Waals surface area contributed by atoms with Crippen LogP contribution in [0.1, 0.15) is 31.0 Å². The van der Waals surface area contributed by atoms with Crippen molar-refractivity contribution in [2.45, 2.75) is 36.8 Å². The van der Waals surface area contributed by atoms with Gasteiger partial charge in [0.15, 0.2) is 5.16 Å². The van der Waals surface area contributed by atoms with E-state index >= 15 is 0 Å². The lowest BCUT2D eigenvalue weighted by atomic mass is 10.1. The molecule has 0 spiro atoms. The quantitative estimate of drug-likeness (QED) is 0.294. The lowest BCUT2D eigenvalue weighted by molar-refractivity contribution is -0.120. The Labute approximate surface area is 203 Å². The molecule has 3 aromatic carbocycles. The van der Waals surface area contributed by atoms with Crippen LogP contribution in [0.3, 0.4) is 0 Å². The van der Waals surface area contributed by atoms with Gasteiger partial charge >= 0.3 is 0 Å². The summed E-state index contributed by atoms with van der Waals surface area (Å²) in [7, 11) is 1.62. The molecular weight excluding hydrogens is 446 g/mol. The maximum Gasteiger partial charge on any atom is 0.262 e. The Balaban J connectivity index is 1.59. The first-order valence-corrected chi connectivity index (χ1v) is 12.0. The van der Waals surface area contributed by atoms with E-state index in [9.17, 15) is 9.59 Å². The Morgan fingerprint density at radius 1 is 1.00 bits per heavy atom. The van der Waals surface area contributed by atoms with Gasteiger partial charge < -0.3 is 10.1 Å². The fourth-order valence-electron chi connectivity index (χ4n) is 3.72. The van der Waals surface area contributed by atoms with Crippen LogP contribution in [0.4, 0.5) is 0 Å². The number of rotatable bonds is 8. The summed E-state index contributed by atoms with van der Waals surface area (Å²) in [5.74, 6) is 0.647. The summed E-state index contributed by atoms with van der Waals surface area (Å²) >= 11 is 1.29. The smallest absolute Gasteiger partial charge is 0.262 e. The minimum atomic E-state index is -0.444. The summed E-state index contributed by atoms with van der Waals surface area (Å²) in [4.78, 5) is 31.1. The van der Waals surface area contributed by atoms with Gasteiger partial charge in [0.2, 0.25) is 5.91 Å². The van der Waals surface area contributed by atoms with Crippen LogP contribution in [0, 0.1) is 0 Å². The summed E-state index contributed by atoms with van der Waals surface area (Å²) in [6.07, 6.45) is 0. The number of methoxy groups -OCH3 is 1. The van der Waals surface area contributed by atoms with Crippen LogP contribution in [0.25, 0.3) is 10.9 Å². The van der Waals surface area contributed by atoms with Gasteiger partial charge in [-0.3, -0.25) is 14.2 Å². The standard InChI is InChI=1S/C27H27N3O3S/c1-18(21-9-5-4-6-10-21)30-26(32)23-11-7-8-12-24(23)29-27(30)34-19(2)25(31)28-17-20-13-15-22(33-3)16-14-20/h4-16,18-19H,17H2,1-3H3,(H,28,31)/t18-,19+/m1/s1. The SMILES string of the molecule is COc1ccc(CNC(=O)[C@H](C)Sc2nc3ccccc3c(=O)n2[C@H](C)c2ccccc2)cc1. The third-order valence-electron chi connectivity index (χ3n) is 5.72. The van der Waals surface area contributed by atoms with Crippen LogP contribution < -0.4 is 15.6 Å². The topological polar surface area (TPSA) is 73.2 Å². The van der Waals surface area contributed by atoms with Gasteiger partial charge in [0.05, 0.1) is 29.3 Å². The number of ether oxygens (including phenoxy) is 1. The number of nitrogens with one attached hydrogen (secondary N) is 1. The maximum atomic E-state index is 13.5. The molecule has 1 N–H and O–H groups in total. The Bertz CT molecular complexity index is 1340. The monoisotopic (exact) mass is 473 g/mol. The molecule has 0 fully saturated rings. The van der Waals surface area contributed by atoms with E-state index in [1.165, 1.54) is 11.8 Å². The molecule has 0 bridgehead atoms. The van der Waals surface area contributed by atoms with Crippen molar-refractivity contribution in [2.75, 3.05) is 7.11 Å². The van der Waals surface area contributed by atoms with Gasteiger partial charge in [0.25, 0.3) is 5.56 Å². The van der Waals surface area contributed by atoms with Gasteiger partial charge in [-0.15, -0.1) is 0 Å². The third kappa shape index (κ3) is 5.15. The molecule has 4 rings (SSSR count). The fourth-order valence-corrected chi connectivity index (χ4v) is 4.73. The second-order valence-corrected chi connectivity index (χ2v) is 9.31. The van der Waals surface area contributed by atoms with Gasteiger partial charge in [-0.25, -0.2) is 4.98 Å². The lowest BCUT2D eigenvalue weighted by Crippen LogP contribution is -2.32. The second kappa shape index (κ2) is 10.6. The Morgan fingerprint density at radius 3 is 2.38 bits per heavy atom. The van der Waals surface area contributed by atoms with Crippen LogP contribution in [-0.4, -0.2) is 27.8 Å². The number of thioether (sulfide) groups is 1. The number of carbonyl (C=O) groups excluding carboxylic acids is 1. The molecule has 0 aliphatic heterocycles. The molecule has 0 aliphatic rings. The Kier molecular flexibility index (Phi) is 7.33. The van der Waals surface area contributed by atoms with E-state index in [1.54, 1.807) is 17.7 Å². The van der Waals surface area contributed by atoms with Gasteiger partial charge in [-0.1, -0.05) is 66.4 Å². The lowest BCUT2D eigenvalue weighted by Gasteiger charge is -2.21. The molecule has 1 heterocycles. The molecule has 1 amide bonds. The molecule has 7 heteroatoms. The summed E-state index contributed by atoms with van der Waals surface area (Å²) in [6, 6.07) is 24.5. The maximum absolute atomic E-state index is 13.5. The van der Waals surface area contributed by atoms with Crippen molar-refractivity contribution in [3.8, 4) is 5.75 Å². The van der Waals surface area contributed by atoms with Crippen molar-refractivity contribution in [1.82, 2.24) is 14.9 Å². The number of para-hydroxylation sites is 1. The summed E-state index contributed by atoms with van der Waals surface area (Å²) in [6.45, 7) is 4.21. The molecule has 0 unspecified atom stereocenters. The third-order valence-corrected chi connectivity index (χ3v) is 6.79. The molecule has 2 atom stereocenters. The van der Waals surface area contributed by atoms with Gasteiger partial charge in [0, 0.05) is 6.54 Å². The van der Waals surface area contributed by atoms with Crippen molar-refractivity contribution in [1.29, 1.82) is 0 Å². The summed E-state index contributed by atoms with van der Waals surface area (Å²) < 4.78 is 6.87. The first-order chi connectivity index (χ1) is 16.5. The van der Waals surface area contributed by atoms with E-state index in [0.717, 1.165) is 16.9 Å². The zero-order valence-electron chi connectivity index (χ0n) is 19.4. The Morgan fingerprint density at radius 2 is 1.68 bits per heavy atom. The van der Waals surface area contributed by atoms with E-state index in [0.29, 0.717) is 22.6 Å². The average molecular weight is 474 g/mol. The van der Waals surface area contributed by atoms with E-state index in [-0.39, 0.29) is 17.5 Å². The number of benzene rings is 3. The second-order valence-electron chi connectivity index (χ2n) is 8.00. The predicted molar refractivity (Wildman–Crippen MR) is 136 cm³/mol. The number of carbonyl (C=O) groups is 1. The van der Waals surface area contributed by atoms with Crippen LogP contribution in [0.15, 0.2) is 88.8 Å². The number of hydrogen-bond acceptors (Lipinski definition) is 5. The van der Waals surface area contributed by atoms with E-state index < -0.39 is 5.25 Å². The number of amides is 1. The van der Waals surface area contributed by atoms with Crippen LogP contribution in [0.2, 0.25) is 0 Å². The molecule has 1 aromatic heterocycles. The highest BCUT2D eigenvalue weighted by atomic mass is 32.2. The number of hydrogen-bond donors (Lipinski definition) is 1. The zero-order chi connectivity index (χ0) is 24.1. The normalized spacial score (nSPS) is 12.8. The molecular formula is C27H27N3O3S. The van der Waals surface area contributed by atoms with Crippen molar-refractivity contribution in [2.24, 2.45) is 0 Å². The molecule has 6 nitrogen and oxygen atoms in total. The molecule has 4 aromatic rings. The number of fused-ring (bicyclic) bond motifs is 1. The summed E-state index contributed by atoms with van der Waals surface area (Å²) in [5, 5.41) is 3.61. The van der Waals surface area contributed by atoms with Crippen molar-refractivity contribution in [3.63, 3.8) is 0 Å². The predicted octanol–water partition coefficient (Wildman–Crippen LogP) is 4.81. The summed E-state index contributed by atoms with van der Waals surface area (Å²) in [5.41, 5.74) is 2.48. The minimum Gasteiger partial charge on any atom is -0.497 e. The highest BCUT2D eigenvalue weighted by molar-refractivity contribution is 8.00. The average Bonchev–Trinajstić information content (AvgIpc) is 2.88. The highest BCUT2D eigenvalue weighted by Crippen LogP contribution is 2.27. The van der Waals surface area contributed by atoms with Gasteiger partial charge in [-0.2, -0.15) is 0 Å². The first-order valence-electron chi connectivity index (χ1n) is 11.1. The molecule has 0 saturated heterocycles. The minimum absolute atomic E-state index is 0.115. The van der Waals surface area contributed by atoms with Crippen molar-refractivity contribution < 1.29 is 9.53 Å². The fraction of sp³-hybridized carbons (Fsp3) is 0.222. The number of aromatic nitrogens is 2. The van der Waals surface area contributed by atoms with E-state index in [4.69, 9.17) is 9.72 Å². The Hall–Kier alpha value is -3.58. The highest BCUT2D eigenvalue weighted by Gasteiger charge is 2.22. The van der Waals surface area contributed by atoms with Gasteiger partial charge in [-0.05, 0) is 49.2 Å². The van der Waals surface area contributed by atoms with E-state index in [1.807, 2.05) is 86.6 Å². The molecule has 0 saturated carbocycles. The number of nitrogens with zero attached hydrogens (tertiary/aromatic N) is 2. The van der Waals surface area contributed by atoms with Crippen LogP contribution in [-0.2, 0) is 11.3 Å². The molecule has 34 heavy (non-hydrogen) atoms. The van der Waals surface area contributed by atoms with Crippen molar-refractivity contribution in [3.05, 3.63) is 100 Å². The largest absolute Gasteiger partial charge is 0.497 e. The molecule has 0 aliphatic carbocycles. The molecule has 0 radical (unpaired) electrons. The zero-order valence-corrected chi connectivity index (χ0v) is 20.2. The van der Waals surface area contributed by atoms with Crippen molar-refractivity contribution >= 4 is 28.6 Å². The van der Waals surface area contributed by atoms with Crippen LogP contribution >= 0.6 is 11.8 Å². The first kappa shape index (κ1) is 23.6. The van der Waals surface area contributed by atoms with E-state index in [2.05, 4.69) is 5.32 Å². The molecule has 174 valence electrons.